The Kier molecular flexibility index (Phi) is 4.16. The Hall–Kier alpha value is -1.15. The molecule has 0 spiro atoms. The molecule has 1 atom stereocenters. The zero-order chi connectivity index (χ0) is 16.8. The molecule has 8 heteroatoms. The molecular formula is C15H17F4NO2S. The van der Waals surface area contributed by atoms with Crippen LogP contribution >= 0.6 is 0 Å². The number of alkyl halides is 3. The molecule has 3 nitrogen and oxygen atoms in total. The Labute approximate surface area is 132 Å². The van der Waals surface area contributed by atoms with E-state index in [0.717, 1.165) is 6.07 Å². The minimum absolute atomic E-state index is 0.0425. The zero-order valence-corrected chi connectivity index (χ0v) is 13.1. The van der Waals surface area contributed by atoms with E-state index >= 15 is 0 Å². The summed E-state index contributed by atoms with van der Waals surface area (Å²) in [5.41, 5.74) is 0.378. The van der Waals surface area contributed by atoms with Crippen molar-refractivity contribution in [3.63, 3.8) is 0 Å². The van der Waals surface area contributed by atoms with E-state index in [1.807, 2.05) is 0 Å². The highest BCUT2D eigenvalue weighted by molar-refractivity contribution is 7.91. The van der Waals surface area contributed by atoms with Crippen molar-refractivity contribution < 1.29 is 26.0 Å². The molecular weight excluding hydrogens is 334 g/mol. The van der Waals surface area contributed by atoms with Crippen LogP contribution in [0.3, 0.4) is 0 Å². The lowest BCUT2D eigenvalue weighted by Crippen LogP contribution is -2.42. The van der Waals surface area contributed by atoms with Gasteiger partial charge in [-0.2, -0.15) is 13.2 Å². The highest BCUT2D eigenvalue weighted by Gasteiger charge is 2.47. The monoisotopic (exact) mass is 351 g/mol. The van der Waals surface area contributed by atoms with Crippen LogP contribution in [0.1, 0.15) is 30.9 Å². The largest absolute Gasteiger partial charge is 0.391 e. The van der Waals surface area contributed by atoms with E-state index in [-0.39, 0.29) is 35.4 Å². The van der Waals surface area contributed by atoms with Crippen molar-refractivity contribution in [3.8, 4) is 0 Å². The number of hydrogen-bond acceptors (Lipinski definition) is 3. The number of benzene rings is 1. The fourth-order valence-electron chi connectivity index (χ4n) is 3.30. The van der Waals surface area contributed by atoms with Gasteiger partial charge >= 0.3 is 6.18 Å². The van der Waals surface area contributed by atoms with E-state index in [1.165, 1.54) is 12.1 Å². The Balaban J connectivity index is 1.66. The smallest absolute Gasteiger partial charge is 0.310 e. The lowest BCUT2D eigenvalue weighted by atomic mass is 9.74. The number of halogens is 4. The Morgan fingerprint density at radius 3 is 2.57 bits per heavy atom. The molecule has 0 aromatic heterocycles. The summed E-state index contributed by atoms with van der Waals surface area (Å²) in [5, 5.41) is 3.12. The summed E-state index contributed by atoms with van der Waals surface area (Å²) in [4.78, 5) is 0.115. The Bertz CT molecular complexity index is 696. The molecule has 1 aromatic rings. The lowest BCUT2D eigenvalue weighted by molar-refractivity contribution is -0.204. The van der Waals surface area contributed by atoms with Gasteiger partial charge in [-0.05, 0) is 55.5 Å². The van der Waals surface area contributed by atoms with Crippen LogP contribution in [0.15, 0.2) is 23.1 Å². The van der Waals surface area contributed by atoms with E-state index in [9.17, 15) is 26.0 Å². The number of nitrogens with one attached hydrogen (secondary N) is 1. The van der Waals surface area contributed by atoms with E-state index in [0.29, 0.717) is 18.5 Å². The predicted octanol–water partition coefficient (Wildman–Crippen LogP) is 3.22. The number of hydrogen-bond donors (Lipinski definition) is 1. The first-order valence-corrected chi connectivity index (χ1v) is 9.14. The van der Waals surface area contributed by atoms with Crippen LogP contribution in [0.25, 0.3) is 0 Å². The van der Waals surface area contributed by atoms with Crippen molar-refractivity contribution in [2.24, 2.45) is 11.8 Å². The lowest BCUT2D eigenvalue weighted by Gasteiger charge is -2.38. The van der Waals surface area contributed by atoms with E-state index < -0.39 is 27.7 Å². The molecule has 1 heterocycles. The zero-order valence-electron chi connectivity index (χ0n) is 12.2. The van der Waals surface area contributed by atoms with Crippen LogP contribution in [0.2, 0.25) is 0 Å². The fraction of sp³-hybridized carbons (Fsp3) is 0.600. The third-order valence-corrected chi connectivity index (χ3v) is 6.52. The van der Waals surface area contributed by atoms with Gasteiger partial charge in [0.15, 0.2) is 9.84 Å². The molecule has 1 saturated carbocycles. The molecule has 1 fully saturated rings. The van der Waals surface area contributed by atoms with Gasteiger partial charge in [0.1, 0.15) is 5.82 Å². The molecule has 128 valence electrons. The van der Waals surface area contributed by atoms with Gasteiger partial charge in [0, 0.05) is 6.04 Å². The van der Waals surface area contributed by atoms with Crippen molar-refractivity contribution in [2.45, 2.75) is 36.4 Å². The molecule has 1 N–H and O–H groups in total. The summed E-state index contributed by atoms with van der Waals surface area (Å²) in [7, 11) is -3.41. The third-order valence-electron chi connectivity index (χ3n) is 4.71. The van der Waals surface area contributed by atoms with Crippen molar-refractivity contribution in [1.29, 1.82) is 0 Å². The first-order valence-electron chi connectivity index (χ1n) is 7.49. The maximum absolute atomic E-state index is 13.4. The summed E-state index contributed by atoms with van der Waals surface area (Å²) >= 11 is 0. The second-order valence-corrected chi connectivity index (χ2v) is 8.40. The molecule has 1 aliphatic heterocycles. The molecule has 0 radical (unpaired) electrons. The molecule has 0 saturated heterocycles. The minimum atomic E-state index is -4.13. The van der Waals surface area contributed by atoms with Crippen molar-refractivity contribution >= 4 is 9.84 Å². The fourth-order valence-corrected chi connectivity index (χ4v) is 4.91. The van der Waals surface area contributed by atoms with Gasteiger partial charge in [0.05, 0.1) is 16.6 Å². The quantitative estimate of drug-likeness (QED) is 0.672. The number of rotatable bonds is 3. The van der Waals surface area contributed by atoms with Gasteiger partial charge < -0.3 is 5.32 Å². The van der Waals surface area contributed by atoms with E-state index in [1.54, 1.807) is 0 Å². The van der Waals surface area contributed by atoms with Crippen molar-refractivity contribution in [2.75, 3.05) is 12.3 Å². The highest BCUT2D eigenvalue weighted by atomic mass is 32.2. The van der Waals surface area contributed by atoms with Crippen molar-refractivity contribution in [3.05, 3.63) is 29.6 Å². The molecule has 0 bridgehead atoms. The molecule has 23 heavy (non-hydrogen) atoms. The average Bonchev–Trinajstić information content (AvgIpc) is 2.37. The Morgan fingerprint density at radius 2 is 1.91 bits per heavy atom. The SMILES string of the molecule is O=S1(=O)CCC(NCC2CC(C(F)(F)F)C2)c2cc(F)ccc21. The van der Waals surface area contributed by atoms with Crippen LogP contribution in [0, 0.1) is 17.7 Å². The molecule has 2 aliphatic rings. The van der Waals surface area contributed by atoms with Crippen molar-refractivity contribution in [1.82, 2.24) is 5.32 Å². The van der Waals surface area contributed by atoms with Gasteiger partial charge in [-0.3, -0.25) is 0 Å². The van der Waals surface area contributed by atoms with Crippen LogP contribution in [0.4, 0.5) is 17.6 Å². The average molecular weight is 351 g/mol. The first-order chi connectivity index (χ1) is 10.7. The summed E-state index contributed by atoms with van der Waals surface area (Å²) < 4.78 is 74.9. The molecule has 1 aromatic carbocycles. The standard InChI is InChI=1S/C15H17F4NO2S/c16-11-1-2-14-12(7-11)13(3-4-23(14,21)22)20-8-9-5-10(6-9)15(17,18)19/h1-2,7,9-10,13,20H,3-6,8H2. The number of fused-ring (bicyclic) bond motifs is 1. The summed E-state index contributed by atoms with van der Waals surface area (Å²) in [5.74, 6) is -1.87. The highest BCUT2D eigenvalue weighted by Crippen LogP contribution is 2.44. The molecule has 3 rings (SSSR count). The van der Waals surface area contributed by atoms with Crippen LogP contribution in [-0.4, -0.2) is 26.9 Å². The minimum Gasteiger partial charge on any atom is -0.310 e. The summed E-state index contributed by atoms with van der Waals surface area (Å²) in [6.07, 6.45) is -3.64. The number of sulfone groups is 1. The topological polar surface area (TPSA) is 46.2 Å². The molecule has 0 amide bonds. The van der Waals surface area contributed by atoms with Gasteiger partial charge in [-0.1, -0.05) is 0 Å². The second kappa shape index (κ2) is 5.73. The maximum Gasteiger partial charge on any atom is 0.391 e. The van der Waals surface area contributed by atoms with E-state index in [2.05, 4.69) is 5.32 Å². The summed E-state index contributed by atoms with van der Waals surface area (Å²) in [6.45, 7) is 0.382. The normalized spacial score (nSPS) is 29.7. The van der Waals surface area contributed by atoms with E-state index in [4.69, 9.17) is 0 Å². The predicted molar refractivity (Wildman–Crippen MR) is 76.1 cm³/mol. The van der Waals surface area contributed by atoms with Crippen LogP contribution < -0.4 is 5.32 Å². The van der Waals surface area contributed by atoms with Gasteiger partial charge in [-0.25, -0.2) is 12.8 Å². The van der Waals surface area contributed by atoms with Crippen LogP contribution in [0.5, 0.6) is 0 Å². The third kappa shape index (κ3) is 3.38. The molecule has 1 unspecified atom stereocenters. The Morgan fingerprint density at radius 1 is 1.22 bits per heavy atom. The second-order valence-electron chi connectivity index (χ2n) is 6.33. The maximum atomic E-state index is 13.4. The summed E-state index contributed by atoms with van der Waals surface area (Å²) in [6, 6.07) is 3.23. The molecule has 1 aliphatic carbocycles. The van der Waals surface area contributed by atoms with Gasteiger partial charge in [0.2, 0.25) is 0 Å². The van der Waals surface area contributed by atoms with Crippen LogP contribution in [-0.2, 0) is 9.84 Å². The first kappa shape index (κ1) is 16.7. The van der Waals surface area contributed by atoms with Gasteiger partial charge in [-0.15, -0.1) is 0 Å². The van der Waals surface area contributed by atoms with Gasteiger partial charge in [0.25, 0.3) is 0 Å².